The lowest BCUT2D eigenvalue weighted by Gasteiger charge is -2.27. The Kier molecular flexibility index (Phi) is 3.66. The maximum Gasteiger partial charge on any atom is 0.261 e. The standard InChI is InChI=1S/C16H20N2OS/c1-10-3-2-4-13(7-10)18-16(19)15-9-11-8-12(17)5-6-14(11)20-15/h5-6,8-10,13H,2-4,7,17H2,1H3,(H,18,19). The first-order chi connectivity index (χ1) is 9.61. The summed E-state index contributed by atoms with van der Waals surface area (Å²) in [6.07, 6.45) is 4.71. The van der Waals surface area contributed by atoms with Crippen molar-refractivity contribution in [3.8, 4) is 0 Å². The maximum atomic E-state index is 12.3. The Labute approximate surface area is 123 Å². The van der Waals surface area contributed by atoms with E-state index < -0.39 is 0 Å². The van der Waals surface area contributed by atoms with Gasteiger partial charge in [0.2, 0.25) is 0 Å². The number of amides is 1. The van der Waals surface area contributed by atoms with Gasteiger partial charge in [-0.15, -0.1) is 11.3 Å². The Morgan fingerprint density at radius 1 is 1.35 bits per heavy atom. The van der Waals surface area contributed by atoms with Crippen LogP contribution in [-0.4, -0.2) is 11.9 Å². The van der Waals surface area contributed by atoms with Crippen LogP contribution in [0.4, 0.5) is 5.69 Å². The molecule has 2 aromatic rings. The van der Waals surface area contributed by atoms with Crippen LogP contribution in [0.1, 0.15) is 42.3 Å². The third-order valence-corrected chi connectivity index (χ3v) is 5.15. The molecule has 20 heavy (non-hydrogen) atoms. The van der Waals surface area contributed by atoms with Gasteiger partial charge < -0.3 is 11.1 Å². The number of hydrogen-bond donors (Lipinski definition) is 2. The Bertz CT molecular complexity index is 634. The fourth-order valence-corrected chi connectivity index (χ4v) is 3.94. The van der Waals surface area contributed by atoms with E-state index in [2.05, 4.69) is 12.2 Å². The summed E-state index contributed by atoms with van der Waals surface area (Å²) in [5, 5.41) is 4.23. The van der Waals surface area contributed by atoms with Crippen LogP contribution in [-0.2, 0) is 0 Å². The highest BCUT2D eigenvalue weighted by Gasteiger charge is 2.21. The van der Waals surface area contributed by atoms with Crippen molar-refractivity contribution in [2.75, 3.05) is 5.73 Å². The van der Waals surface area contributed by atoms with E-state index in [9.17, 15) is 4.79 Å². The molecule has 1 heterocycles. The Morgan fingerprint density at radius 3 is 3.00 bits per heavy atom. The monoisotopic (exact) mass is 288 g/mol. The third kappa shape index (κ3) is 2.80. The normalized spacial score (nSPS) is 22.9. The number of nitrogen functional groups attached to an aromatic ring is 1. The Morgan fingerprint density at radius 2 is 2.20 bits per heavy atom. The summed E-state index contributed by atoms with van der Waals surface area (Å²) in [5.74, 6) is 0.778. The molecule has 1 saturated carbocycles. The number of benzene rings is 1. The Hall–Kier alpha value is -1.55. The highest BCUT2D eigenvalue weighted by molar-refractivity contribution is 7.20. The van der Waals surface area contributed by atoms with Crippen LogP contribution in [0.3, 0.4) is 0 Å². The van der Waals surface area contributed by atoms with Gasteiger partial charge in [-0.05, 0) is 48.4 Å². The van der Waals surface area contributed by atoms with E-state index in [1.54, 1.807) is 0 Å². The van der Waals surface area contributed by atoms with E-state index in [4.69, 9.17) is 5.73 Å². The smallest absolute Gasteiger partial charge is 0.261 e. The fraction of sp³-hybridized carbons (Fsp3) is 0.438. The van der Waals surface area contributed by atoms with Crippen molar-refractivity contribution in [2.24, 2.45) is 5.92 Å². The molecule has 3 N–H and O–H groups in total. The predicted molar refractivity (Wildman–Crippen MR) is 85.1 cm³/mol. The first-order valence-corrected chi connectivity index (χ1v) is 8.03. The second-order valence-electron chi connectivity index (χ2n) is 5.85. The van der Waals surface area contributed by atoms with E-state index >= 15 is 0 Å². The van der Waals surface area contributed by atoms with E-state index in [0.29, 0.717) is 6.04 Å². The number of hydrogen-bond acceptors (Lipinski definition) is 3. The van der Waals surface area contributed by atoms with Gasteiger partial charge in [0.1, 0.15) is 0 Å². The highest BCUT2D eigenvalue weighted by atomic mass is 32.1. The maximum absolute atomic E-state index is 12.3. The molecule has 0 spiro atoms. The van der Waals surface area contributed by atoms with Crippen LogP contribution < -0.4 is 11.1 Å². The van der Waals surface area contributed by atoms with Crippen LogP contribution in [0.15, 0.2) is 24.3 Å². The first-order valence-electron chi connectivity index (χ1n) is 7.22. The van der Waals surface area contributed by atoms with Crippen molar-refractivity contribution in [1.82, 2.24) is 5.32 Å². The van der Waals surface area contributed by atoms with E-state index in [1.165, 1.54) is 24.2 Å². The minimum Gasteiger partial charge on any atom is -0.399 e. The van der Waals surface area contributed by atoms with Gasteiger partial charge in [-0.2, -0.15) is 0 Å². The van der Waals surface area contributed by atoms with Crippen LogP contribution in [0.2, 0.25) is 0 Å². The van der Waals surface area contributed by atoms with Gasteiger partial charge >= 0.3 is 0 Å². The number of rotatable bonds is 2. The SMILES string of the molecule is CC1CCCC(NC(=O)c2cc3cc(N)ccc3s2)C1. The lowest BCUT2D eigenvalue weighted by molar-refractivity contribution is 0.0925. The van der Waals surface area contributed by atoms with Crippen molar-refractivity contribution in [1.29, 1.82) is 0 Å². The molecule has 1 amide bonds. The van der Waals surface area contributed by atoms with Gasteiger partial charge in [0.05, 0.1) is 4.88 Å². The zero-order valence-electron chi connectivity index (χ0n) is 11.7. The minimum absolute atomic E-state index is 0.0591. The highest BCUT2D eigenvalue weighted by Crippen LogP contribution is 2.28. The topological polar surface area (TPSA) is 55.1 Å². The second kappa shape index (κ2) is 5.44. The predicted octanol–water partition coefficient (Wildman–Crippen LogP) is 3.79. The van der Waals surface area contributed by atoms with Gasteiger partial charge in [-0.25, -0.2) is 0 Å². The molecular formula is C16H20N2OS. The van der Waals surface area contributed by atoms with Gasteiger partial charge in [0.25, 0.3) is 5.91 Å². The van der Waals surface area contributed by atoms with Crippen LogP contribution in [0.5, 0.6) is 0 Å². The largest absolute Gasteiger partial charge is 0.399 e. The average molecular weight is 288 g/mol. The van der Waals surface area contributed by atoms with Crippen LogP contribution >= 0.6 is 11.3 Å². The van der Waals surface area contributed by atoms with Crippen molar-refractivity contribution < 1.29 is 4.79 Å². The summed E-state index contributed by atoms with van der Waals surface area (Å²) in [5.41, 5.74) is 6.52. The number of nitrogens with one attached hydrogen (secondary N) is 1. The molecule has 3 rings (SSSR count). The summed E-state index contributed by atoms with van der Waals surface area (Å²) in [6.45, 7) is 2.26. The number of nitrogens with two attached hydrogens (primary N) is 1. The summed E-state index contributed by atoms with van der Waals surface area (Å²) in [4.78, 5) is 13.1. The minimum atomic E-state index is 0.0591. The molecule has 3 nitrogen and oxygen atoms in total. The van der Waals surface area contributed by atoms with E-state index in [1.807, 2.05) is 24.3 Å². The molecule has 0 aliphatic heterocycles. The Balaban J connectivity index is 1.75. The summed E-state index contributed by atoms with van der Waals surface area (Å²) in [7, 11) is 0. The molecule has 0 bridgehead atoms. The molecule has 1 aromatic carbocycles. The molecule has 0 saturated heterocycles. The van der Waals surface area contributed by atoms with Crippen molar-refractivity contribution >= 4 is 33.0 Å². The van der Waals surface area contributed by atoms with E-state index in [0.717, 1.165) is 39.4 Å². The number of carbonyl (C=O) groups is 1. The van der Waals surface area contributed by atoms with Gasteiger partial charge in [-0.1, -0.05) is 19.8 Å². The molecular weight excluding hydrogens is 268 g/mol. The molecule has 2 unspecified atom stereocenters. The average Bonchev–Trinajstić information content (AvgIpc) is 2.81. The number of thiophene rings is 1. The lowest BCUT2D eigenvalue weighted by Crippen LogP contribution is -2.37. The number of fused-ring (bicyclic) bond motifs is 1. The van der Waals surface area contributed by atoms with E-state index in [-0.39, 0.29) is 5.91 Å². The molecule has 106 valence electrons. The fourth-order valence-electron chi connectivity index (χ4n) is 3.00. The summed E-state index contributed by atoms with van der Waals surface area (Å²) >= 11 is 1.54. The molecule has 1 fully saturated rings. The second-order valence-corrected chi connectivity index (χ2v) is 6.93. The molecule has 0 radical (unpaired) electrons. The van der Waals surface area contributed by atoms with Crippen LogP contribution in [0.25, 0.3) is 10.1 Å². The van der Waals surface area contributed by atoms with Gasteiger partial charge in [0, 0.05) is 16.4 Å². The molecule has 4 heteroatoms. The number of anilines is 1. The lowest BCUT2D eigenvalue weighted by atomic mass is 9.87. The third-order valence-electron chi connectivity index (χ3n) is 4.04. The number of carbonyl (C=O) groups excluding carboxylic acids is 1. The summed E-state index contributed by atoms with van der Waals surface area (Å²) < 4.78 is 1.11. The zero-order valence-corrected chi connectivity index (χ0v) is 12.5. The van der Waals surface area contributed by atoms with Crippen molar-refractivity contribution in [2.45, 2.75) is 38.6 Å². The molecule has 2 atom stereocenters. The molecule has 1 aliphatic rings. The van der Waals surface area contributed by atoms with Crippen molar-refractivity contribution in [3.63, 3.8) is 0 Å². The zero-order chi connectivity index (χ0) is 14.1. The van der Waals surface area contributed by atoms with Crippen LogP contribution in [0, 0.1) is 5.92 Å². The summed E-state index contributed by atoms with van der Waals surface area (Å²) in [6, 6.07) is 8.06. The van der Waals surface area contributed by atoms with Gasteiger partial charge in [0.15, 0.2) is 0 Å². The molecule has 1 aromatic heterocycles. The quantitative estimate of drug-likeness (QED) is 0.826. The van der Waals surface area contributed by atoms with Crippen molar-refractivity contribution in [3.05, 3.63) is 29.1 Å². The van der Waals surface area contributed by atoms with Gasteiger partial charge in [-0.3, -0.25) is 4.79 Å². The first kappa shape index (κ1) is 13.4. The molecule has 1 aliphatic carbocycles.